The summed E-state index contributed by atoms with van der Waals surface area (Å²) < 4.78 is 0. The van der Waals surface area contributed by atoms with Crippen LogP contribution < -0.4 is 5.32 Å². The van der Waals surface area contributed by atoms with Crippen LogP contribution in [0.3, 0.4) is 0 Å². The summed E-state index contributed by atoms with van der Waals surface area (Å²) in [4.78, 5) is 20.8. The number of amides is 1. The first kappa shape index (κ1) is 17.9. The van der Waals surface area contributed by atoms with Gasteiger partial charge in [0.25, 0.3) is 0 Å². The van der Waals surface area contributed by atoms with Gasteiger partial charge in [-0.15, -0.1) is 11.3 Å². The average Bonchev–Trinajstić information content (AvgIpc) is 3.21. The van der Waals surface area contributed by atoms with Gasteiger partial charge in [-0.05, 0) is 38.0 Å². The van der Waals surface area contributed by atoms with Crippen molar-refractivity contribution in [2.75, 3.05) is 13.1 Å². The van der Waals surface area contributed by atoms with Crippen molar-refractivity contribution in [3.05, 3.63) is 16.1 Å². The molecule has 1 aliphatic heterocycles. The lowest BCUT2D eigenvalue weighted by atomic mass is 9.89. The summed E-state index contributed by atoms with van der Waals surface area (Å²) in [5.74, 6) is 1.57. The van der Waals surface area contributed by atoms with Crippen LogP contribution in [-0.4, -0.2) is 34.9 Å². The quantitative estimate of drug-likeness (QED) is 0.883. The van der Waals surface area contributed by atoms with Crippen molar-refractivity contribution in [1.29, 1.82) is 0 Å². The summed E-state index contributed by atoms with van der Waals surface area (Å²) >= 11 is 1.79. The molecule has 3 atom stereocenters. The maximum absolute atomic E-state index is 12.6. The Morgan fingerprint density at radius 2 is 2.17 bits per heavy atom. The third-order valence-electron chi connectivity index (χ3n) is 5.89. The van der Waals surface area contributed by atoms with Crippen LogP contribution >= 0.6 is 11.3 Å². The highest BCUT2D eigenvalue weighted by Crippen LogP contribution is 2.31. The fraction of sp³-hybridized carbons (Fsp3) is 0.789. The fourth-order valence-corrected chi connectivity index (χ4v) is 5.11. The van der Waals surface area contributed by atoms with Crippen LogP contribution in [0.2, 0.25) is 0 Å². The van der Waals surface area contributed by atoms with Gasteiger partial charge in [0.05, 0.1) is 5.01 Å². The first-order valence-electron chi connectivity index (χ1n) is 9.47. The molecule has 1 saturated carbocycles. The van der Waals surface area contributed by atoms with Gasteiger partial charge < -0.3 is 5.32 Å². The number of carbonyl (C=O) groups is 1. The third-order valence-corrected chi connectivity index (χ3v) is 6.78. The van der Waals surface area contributed by atoms with Crippen molar-refractivity contribution in [3.8, 4) is 0 Å². The second kappa shape index (κ2) is 7.96. The lowest BCUT2D eigenvalue weighted by Gasteiger charge is -2.37. The molecule has 0 bridgehead atoms. The highest BCUT2D eigenvalue weighted by Gasteiger charge is 2.31. The zero-order valence-corrected chi connectivity index (χ0v) is 16.1. The standard InChI is InChI=1S/C19H31N3OS/c1-13-11-22(12-17-10-20-15(3)24-17)9-8-18(13)21-19(23)14(2)16-6-4-5-7-16/h10,13-14,16,18H,4-9,11-12H2,1-3H3,(H,21,23)/t13-,14-,18+/m1/s1. The summed E-state index contributed by atoms with van der Waals surface area (Å²) in [6.07, 6.45) is 8.12. The van der Waals surface area contributed by atoms with E-state index < -0.39 is 0 Å². The van der Waals surface area contributed by atoms with E-state index in [4.69, 9.17) is 0 Å². The molecule has 1 amide bonds. The molecular weight excluding hydrogens is 318 g/mol. The lowest BCUT2D eigenvalue weighted by molar-refractivity contribution is -0.127. The Morgan fingerprint density at radius 3 is 2.79 bits per heavy atom. The lowest BCUT2D eigenvalue weighted by Crippen LogP contribution is -2.51. The van der Waals surface area contributed by atoms with Gasteiger partial charge >= 0.3 is 0 Å². The van der Waals surface area contributed by atoms with Crippen LogP contribution in [0.25, 0.3) is 0 Å². The SMILES string of the molecule is Cc1ncc(CN2CC[C@H](NC(=O)[C@H](C)C3CCCC3)[C@H](C)C2)s1. The Morgan fingerprint density at radius 1 is 1.42 bits per heavy atom. The zero-order valence-electron chi connectivity index (χ0n) is 15.3. The van der Waals surface area contributed by atoms with E-state index in [1.165, 1.54) is 30.6 Å². The van der Waals surface area contributed by atoms with Crippen LogP contribution in [0.5, 0.6) is 0 Å². The maximum atomic E-state index is 12.6. The predicted molar refractivity (Wildman–Crippen MR) is 99.0 cm³/mol. The molecule has 2 fully saturated rings. The van der Waals surface area contributed by atoms with Crippen LogP contribution in [0.4, 0.5) is 0 Å². The molecule has 2 aliphatic rings. The molecule has 24 heavy (non-hydrogen) atoms. The van der Waals surface area contributed by atoms with E-state index in [0.29, 0.717) is 17.9 Å². The Labute approximate surface area is 150 Å². The Hall–Kier alpha value is -0.940. The first-order valence-corrected chi connectivity index (χ1v) is 10.3. The number of rotatable bonds is 5. The number of hydrogen-bond donors (Lipinski definition) is 1. The number of thiazole rings is 1. The molecule has 1 N–H and O–H groups in total. The van der Waals surface area contributed by atoms with Crippen LogP contribution in [0.15, 0.2) is 6.20 Å². The van der Waals surface area contributed by atoms with E-state index in [1.54, 1.807) is 11.3 Å². The Balaban J connectivity index is 1.47. The number of piperidine rings is 1. The van der Waals surface area contributed by atoms with Gasteiger partial charge in [-0.3, -0.25) is 9.69 Å². The van der Waals surface area contributed by atoms with Crippen LogP contribution in [0, 0.1) is 24.7 Å². The smallest absolute Gasteiger partial charge is 0.223 e. The second-order valence-electron chi connectivity index (χ2n) is 7.79. The molecule has 134 valence electrons. The molecule has 1 aliphatic carbocycles. The summed E-state index contributed by atoms with van der Waals surface area (Å²) in [7, 11) is 0. The van der Waals surface area contributed by atoms with Gasteiger partial charge in [-0.2, -0.15) is 0 Å². The molecule has 2 heterocycles. The first-order chi connectivity index (χ1) is 11.5. The minimum absolute atomic E-state index is 0.179. The largest absolute Gasteiger partial charge is 0.353 e. The third kappa shape index (κ3) is 4.37. The monoisotopic (exact) mass is 349 g/mol. The highest BCUT2D eigenvalue weighted by molar-refractivity contribution is 7.11. The second-order valence-corrected chi connectivity index (χ2v) is 9.11. The van der Waals surface area contributed by atoms with Crippen LogP contribution in [-0.2, 0) is 11.3 Å². The maximum Gasteiger partial charge on any atom is 0.223 e. The number of aryl methyl sites for hydroxylation is 1. The molecule has 1 aromatic heterocycles. The summed E-state index contributed by atoms with van der Waals surface area (Å²) in [6, 6.07) is 0.334. The van der Waals surface area contributed by atoms with Gasteiger partial charge in [0, 0.05) is 42.7 Å². The van der Waals surface area contributed by atoms with Crippen molar-refractivity contribution < 1.29 is 4.79 Å². The number of nitrogens with zero attached hydrogens (tertiary/aromatic N) is 2. The van der Waals surface area contributed by atoms with Crippen LogP contribution in [0.1, 0.15) is 55.8 Å². The van der Waals surface area contributed by atoms with Crippen molar-refractivity contribution in [2.45, 2.75) is 65.5 Å². The molecule has 1 aromatic rings. The molecule has 3 rings (SSSR count). The van der Waals surface area contributed by atoms with Gasteiger partial charge in [0.15, 0.2) is 0 Å². The average molecular weight is 350 g/mol. The van der Waals surface area contributed by atoms with Crippen molar-refractivity contribution in [3.63, 3.8) is 0 Å². The fourth-order valence-electron chi connectivity index (χ4n) is 4.27. The van der Waals surface area contributed by atoms with E-state index in [0.717, 1.165) is 31.1 Å². The van der Waals surface area contributed by atoms with E-state index in [9.17, 15) is 4.79 Å². The molecule has 1 saturated heterocycles. The normalized spacial score (nSPS) is 27.3. The minimum atomic E-state index is 0.179. The number of hydrogen-bond acceptors (Lipinski definition) is 4. The van der Waals surface area contributed by atoms with Crippen molar-refractivity contribution >= 4 is 17.2 Å². The van der Waals surface area contributed by atoms with Gasteiger partial charge in [0.1, 0.15) is 0 Å². The number of aromatic nitrogens is 1. The van der Waals surface area contributed by atoms with Gasteiger partial charge in [-0.1, -0.05) is 26.7 Å². The number of likely N-dealkylation sites (tertiary alicyclic amines) is 1. The zero-order chi connectivity index (χ0) is 17.1. The number of nitrogens with one attached hydrogen (secondary N) is 1. The Bertz CT molecular complexity index is 553. The summed E-state index contributed by atoms with van der Waals surface area (Å²) in [5, 5.41) is 4.50. The molecule has 0 aromatic carbocycles. The molecule has 4 nitrogen and oxygen atoms in total. The van der Waals surface area contributed by atoms with E-state index in [2.05, 4.69) is 36.0 Å². The summed E-state index contributed by atoms with van der Waals surface area (Å²) in [5.41, 5.74) is 0. The molecule has 0 spiro atoms. The number of carbonyl (C=O) groups excluding carboxylic acids is 1. The molecule has 0 radical (unpaired) electrons. The van der Waals surface area contributed by atoms with Gasteiger partial charge in [-0.25, -0.2) is 4.98 Å². The van der Waals surface area contributed by atoms with E-state index in [1.807, 2.05) is 6.20 Å². The minimum Gasteiger partial charge on any atom is -0.353 e. The molecule has 0 unspecified atom stereocenters. The highest BCUT2D eigenvalue weighted by atomic mass is 32.1. The Kier molecular flexibility index (Phi) is 5.93. The van der Waals surface area contributed by atoms with Crippen molar-refractivity contribution in [1.82, 2.24) is 15.2 Å². The topological polar surface area (TPSA) is 45.2 Å². The predicted octanol–water partition coefficient (Wildman–Crippen LogP) is 3.60. The van der Waals surface area contributed by atoms with E-state index in [-0.39, 0.29) is 11.8 Å². The molecule has 5 heteroatoms. The summed E-state index contributed by atoms with van der Waals surface area (Å²) in [6.45, 7) is 9.56. The molecular formula is C19H31N3OS. The van der Waals surface area contributed by atoms with E-state index >= 15 is 0 Å². The van der Waals surface area contributed by atoms with Crippen molar-refractivity contribution in [2.24, 2.45) is 17.8 Å². The van der Waals surface area contributed by atoms with Gasteiger partial charge in [0.2, 0.25) is 5.91 Å².